The third-order valence-electron chi connectivity index (χ3n) is 4.42. The van der Waals surface area contributed by atoms with Crippen molar-refractivity contribution in [3.63, 3.8) is 0 Å². The molecule has 0 aliphatic heterocycles. The molecule has 0 saturated carbocycles. The number of hydrogen-bond acceptors (Lipinski definition) is 2. The summed E-state index contributed by atoms with van der Waals surface area (Å²) in [5.41, 5.74) is 2.53. The molecule has 1 aromatic heterocycles. The SMILES string of the molecule is COc1ccc(C(=O)NCC(C)(C)c2c[nH]c3cc(Cl)ccc23)cc1. The first-order valence-corrected chi connectivity index (χ1v) is 8.48. The molecule has 0 radical (unpaired) electrons. The number of hydrogen-bond donors (Lipinski definition) is 2. The van der Waals surface area contributed by atoms with E-state index in [0.717, 1.165) is 22.2 Å². The summed E-state index contributed by atoms with van der Waals surface area (Å²) in [4.78, 5) is 15.6. The van der Waals surface area contributed by atoms with Gasteiger partial charge in [-0.05, 0) is 42.0 Å². The Hall–Kier alpha value is -2.46. The van der Waals surface area contributed by atoms with Crippen LogP contribution in [0.15, 0.2) is 48.7 Å². The predicted molar refractivity (Wildman–Crippen MR) is 102 cm³/mol. The van der Waals surface area contributed by atoms with E-state index in [4.69, 9.17) is 16.3 Å². The molecule has 3 rings (SSSR count). The number of amides is 1. The second-order valence-electron chi connectivity index (χ2n) is 6.69. The van der Waals surface area contributed by atoms with Gasteiger partial charge in [0.15, 0.2) is 0 Å². The molecule has 0 spiro atoms. The van der Waals surface area contributed by atoms with Gasteiger partial charge in [-0.3, -0.25) is 4.79 Å². The minimum absolute atomic E-state index is 0.0985. The fraction of sp³-hybridized carbons (Fsp3) is 0.250. The highest BCUT2D eigenvalue weighted by molar-refractivity contribution is 6.31. The average Bonchev–Trinajstić information content (AvgIpc) is 3.03. The number of benzene rings is 2. The van der Waals surface area contributed by atoms with Crippen molar-refractivity contribution < 1.29 is 9.53 Å². The maximum absolute atomic E-state index is 12.4. The molecule has 0 unspecified atom stereocenters. The zero-order chi connectivity index (χ0) is 18.0. The van der Waals surface area contributed by atoms with Crippen molar-refractivity contribution in [3.05, 3.63) is 64.8 Å². The molecule has 1 heterocycles. The summed E-state index contributed by atoms with van der Waals surface area (Å²) in [6, 6.07) is 12.9. The standard InChI is InChI=1S/C20H21ClN2O2/c1-20(2,17-11-22-18-10-14(21)6-9-16(17)18)12-23-19(24)13-4-7-15(25-3)8-5-13/h4-11,22H,12H2,1-3H3,(H,23,24). The third kappa shape index (κ3) is 3.64. The zero-order valence-corrected chi connectivity index (χ0v) is 15.3. The van der Waals surface area contributed by atoms with Crippen LogP contribution in [-0.4, -0.2) is 24.5 Å². The van der Waals surface area contributed by atoms with Crippen LogP contribution in [0.5, 0.6) is 5.75 Å². The van der Waals surface area contributed by atoms with Crippen LogP contribution in [0, 0.1) is 0 Å². The molecule has 3 aromatic rings. The predicted octanol–water partition coefficient (Wildman–Crippen LogP) is 4.54. The summed E-state index contributed by atoms with van der Waals surface area (Å²) in [5.74, 6) is 0.632. The lowest BCUT2D eigenvalue weighted by molar-refractivity contribution is 0.0945. The van der Waals surface area contributed by atoms with Crippen LogP contribution in [-0.2, 0) is 5.41 Å². The maximum atomic E-state index is 12.4. The molecule has 130 valence electrons. The van der Waals surface area contributed by atoms with E-state index in [1.807, 2.05) is 24.4 Å². The number of carbonyl (C=O) groups excluding carboxylic acids is 1. The summed E-state index contributed by atoms with van der Waals surface area (Å²) in [6.07, 6.45) is 1.99. The van der Waals surface area contributed by atoms with Gasteiger partial charge in [-0.2, -0.15) is 0 Å². The summed E-state index contributed by atoms with van der Waals surface area (Å²) in [5, 5.41) is 4.84. The van der Waals surface area contributed by atoms with Crippen LogP contribution in [0.3, 0.4) is 0 Å². The van der Waals surface area contributed by atoms with Gasteiger partial charge < -0.3 is 15.0 Å². The number of fused-ring (bicyclic) bond motifs is 1. The molecule has 5 heteroatoms. The van der Waals surface area contributed by atoms with E-state index in [9.17, 15) is 4.79 Å². The minimum Gasteiger partial charge on any atom is -0.497 e. The van der Waals surface area contributed by atoms with Crippen molar-refractivity contribution >= 4 is 28.4 Å². The Labute approximate surface area is 152 Å². The molecule has 1 amide bonds. The Morgan fingerprint density at radius 1 is 1.20 bits per heavy atom. The highest BCUT2D eigenvalue weighted by atomic mass is 35.5. The normalized spacial score (nSPS) is 11.5. The van der Waals surface area contributed by atoms with Crippen LogP contribution < -0.4 is 10.1 Å². The third-order valence-corrected chi connectivity index (χ3v) is 4.65. The van der Waals surface area contributed by atoms with Gasteiger partial charge in [0.25, 0.3) is 5.91 Å². The van der Waals surface area contributed by atoms with Gasteiger partial charge >= 0.3 is 0 Å². The molecular weight excluding hydrogens is 336 g/mol. The van der Waals surface area contributed by atoms with E-state index in [1.165, 1.54) is 0 Å². The van der Waals surface area contributed by atoms with Gasteiger partial charge in [0.1, 0.15) is 5.75 Å². The first kappa shape index (κ1) is 17.4. The lowest BCUT2D eigenvalue weighted by Crippen LogP contribution is -2.36. The lowest BCUT2D eigenvalue weighted by atomic mass is 9.84. The van der Waals surface area contributed by atoms with Crippen LogP contribution in [0.25, 0.3) is 10.9 Å². The number of aromatic nitrogens is 1. The Morgan fingerprint density at radius 3 is 2.60 bits per heavy atom. The average molecular weight is 357 g/mol. The van der Waals surface area contributed by atoms with Gasteiger partial charge in [0.05, 0.1) is 7.11 Å². The monoisotopic (exact) mass is 356 g/mol. The van der Waals surface area contributed by atoms with Crippen molar-refractivity contribution in [2.45, 2.75) is 19.3 Å². The number of halogens is 1. The van der Waals surface area contributed by atoms with E-state index in [1.54, 1.807) is 31.4 Å². The topological polar surface area (TPSA) is 54.1 Å². The summed E-state index contributed by atoms with van der Waals surface area (Å²) < 4.78 is 5.12. The molecule has 0 atom stereocenters. The molecule has 0 bridgehead atoms. The number of methoxy groups -OCH3 is 1. The highest BCUT2D eigenvalue weighted by Gasteiger charge is 2.25. The maximum Gasteiger partial charge on any atom is 0.251 e. The molecule has 4 nitrogen and oxygen atoms in total. The molecule has 25 heavy (non-hydrogen) atoms. The zero-order valence-electron chi connectivity index (χ0n) is 14.5. The van der Waals surface area contributed by atoms with Crippen molar-refractivity contribution in [1.29, 1.82) is 0 Å². The van der Waals surface area contributed by atoms with Crippen LogP contribution in [0.2, 0.25) is 5.02 Å². The first-order valence-electron chi connectivity index (χ1n) is 8.10. The number of nitrogens with one attached hydrogen (secondary N) is 2. The second-order valence-corrected chi connectivity index (χ2v) is 7.12. The number of aromatic amines is 1. The second kappa shape index (κ2) is 6.81. The molecule has 2 N–H and O–H groups in total. The van der Waals surface area contributed by atoms with E-state index < -0.39 is 0 Å². The van der Waals surface area contributed by atoms with E-state index in [0.29, 0.717) is 17.1 Å². The quantitative estimate of drug-likeness (QED) is 0.705. The van der Waals surface area contributed by atoms with Gasteiger partial charge in [-0.25, -0.2) is 0 Å². The summed E-state index contributed by atoms with van der Waals surface area (Å²) >= 11 is 6.05. The fourth-order valence-electron chi connectivity index (χ4n) is 2.90. The number of ether oxygens (including phenoxy) is 1. The van der Waals surface area contributed by atoms with Crippen LogP contribution >= 0.6 is 11.6 Å². The molecule has 0 aliphatic rings. The molecule has 0 fully saturated rings. The van der Waals surface area contributed by atoms with E-state index in [2.05, 4.69) is 24.1 Å². The first-order chi connectivity index (χ1) is 11.9. The van der Waals surface area contributed by atoms with Crippen LogP contribution in [0.1, 0.15) is 29.8 Å². The van der Waals surface area contributed by atoms with Crippen molar-refractivity contribution in [2.75, 3.05) is 13.7 Å². The molecule has 0 aliphatic carbocycles. The van der Waals surface area contributed by atoms with Crippen molar-refractivity contribution in [2.24, 2.45) is 0 Å². The number of H-pyrrole nitrogens is 1. The fourth-order valence-corrected chi connectivity index (χ4v) is 3.07. The summed E-state index contributed by atoms with van der Waals surface area (Å²) in [6.45, 7) is 4.74. The van der Waals surface area contributed by atoms with Crippen molar-refractivity contribution in [1.82, 2.24) is 10.3 Å². The molecular formula is C20H21ClN2O2. The van der Waals surface area contributed by atoms with Crippen molar-refractivity contribution in [3.8, 4) is 5.75 Å². The number of carbonyl (C=O) groups is 1. The van der Waals surface area contributed by atoms with Crippen LogP contribution in [0.4, 0.5) is 0 Å². The lowest BCUT2D eigenvalue weighted by Gasteiger charge is -2.25. The summed E-state index contributed by atoms with van der Waals surface area (Å²) in [7, 11) is 1.60. The Kier molecular flexibility index (Phi) is 4.73. The highest BCUT2D eigenvalue weighted by Crippen LogP contribution is 2.31. The van der Waals surface area contributed by atoms with Gasteiger partial charge in [-0.15, -0.1) is 0 Å². The van der Waals surface area contributed by atoms with Gasteiger partial charge in [0.2, 0.25) is 0 Å². The van der Waals surface area contributed by atoms with E-state index in [-0.39, 0.29) is 11.3 Å². The smallest absolute Gasteiger partial charge is 0.251 e. The largest absolute Gasteiger partial charge is 0.497 e. The van der Waals surface area contributed by atoms with Gasteiger partial charge in [-0.1, -0.05) is 31.5 Å². The van der Waals surface area contributed by atoms with Gasteiger partial charge in [0, 0.05) is 39.6 Å². The Bertz CT molecular complexity index is 898. The Balaban J connectivity index is 1.75. The minimum atomic E-state index is -0.228. The molecule has 0 saturated heterocycles. The Morgan fingerprint density at radius 2 is 1.92 bits per heavy atom. The number of rotatable bonds is 5. The molecule has 2 aromatic carbocycles. The van der Waals surface area contributed by atoms with E-state index >= 15 is 0 Å².